The lowest BCUT2D eigenvalue weighted by Gasteiger charge is -2.09. The van der Waals surface area contributed by atoms with Gasteiger partial charge in [0.1, 0.15) is 10.8 Å². The lowest BCUT2D eigenvalue weighted by atomic mass is 10.2. The quantitative estimate of drug-likeness (QED) is 0.926. The maximum absolute atomic E-state index is 8.96. The molecule has 94 valence electrons. The Hall–Kier alpha value is -1.29. The largest absolute Gasteiger partial charge is 0.436 e. The fourth-order valence-electron chi connectivity index (χ4n) is 1.42. The second-order valence-electron chi connectivity index (χ2n) is 3.82. The van der Waals surface area contributed by atoms with E-state index < -0.39 is 0 Å². The lowest BCUT2D eigenvalue weighted by molar-refractivity contribution is 0.281. The van der Waals surface area contributed by atoms with Crippen LogP contribution < -0.4 is 4.74 Å². The fourth-order valence-corrected chi connectivity index (χ4v) is 1.92. The van der Waals surface area contributed by atoms with Crippen molar-refractivity contribution < 1.29 is 9.84 Å². The van der Waals surface area contributed by atoms with Gasteiger partial charge in [-0.3, -0.25) is 0 Å². The van der Waals surface area contributed by atoms with E-state index >= 15 is 0 Å². The molecule has 0 aliphatic rings. The number of aliphatic hydroxyl groups is 1. The van der Waals surface area contributed by atoms with Gasteiger partial charge in [0, 0.05) is 6.20 Å². The Bertz CT molecular complexity index is 573. The summed E-state index contributed by atoms with van der Waals surface area (Å²) in [5, 5.41) is 9.79. The molecule has 0 unspecified atom stereocenters. The van der Waals surface area contributed by atoms with Crippen molar-refractivity contribution in [2.75, 3.05) is 0 Å². The zero-order chi connectivity index (χ0) is 13.1. The average molecular weight is 284 g/mol. The van der Waals surface area contributed by atoms with E-state index in [9.17, 15) is 0 Å². The van der Waals surface area contributed by atoms with Crippen LogP contribution in [0.1, 0.15) is 11.1 Å². The Morgan fingerprint density at radius 2 is 2.00 bits per heavy atom. The van der Waals surface area contributed by atoms with Crippen molar-refractivity contribution in [2.45, 2.75) is 13.5 Å². The first-order valence-electron chi connectivity index (χ1n) is 5.29. The molecule has 0 aliphatic heterocycles. The molecule has 5 heteroatoms. The number of aliphatic hydroxyl groups excluding tert-OH is 1. The Morgan fingerprint density at radius 3 is 2.61 bits per heavy atom. The van der Waals surface area contributed by atoms with Crippen LogP contribution in [0.2, 0.25) is 10.0 Å². The molecule has 0 atom stereocenters. The van der Waals surface area contributed by atoms with Gasteiger partial charge in [0.25, 0.3) is 0 Å². The number of hydrogen-bond acceptors (Lipinski definition) is 3. The highest BCUT2D eigenvalue weighted by molar-refractivity contribution is 6.32. The van der Waals surface area contributed by atoms with Gasteiger partial charge in [-0.25, -0.2) is 4.98 Å². The average Bonchev–Trinajstić information content (AvgIpc) is 2.34. The summed E-state index contributed by atoms with van der Waals surface area (Å²) in [6, 6.07) is 7.05. The van der Waals surface area contributed by atoms with Gasteiger partial charge >= 0.3 is 0 Å². The maximum atomic E-state index is 8.96. The van der Waals surface area contributed by atoms with Crippen LogP contribution in [0.3, 0.4) is 0 Å². The highest BCUT2D eigenvalue weighted by Crippen LogP contribution is 2.32. The normalized spacial score (nSPS) is 10.4. The number of pyridine rings is 1. The first kappa shape index (κ1) is 13.1. The number of ether oxygens (including phenoxy) is 1. The van der Waals surface area contributed by atoms with Crippen molar-refractivity contribution in [1.29, 1.82) is 0 Å². The van der Waals surface area contributed by atoms with E-state index in [4.69, 9.17) is 33.0 Å². The summed E-state index contributed by atoms with van der Waals surface area (Å²) in [4.78, 5) is 4.04. The molecule has 0 radical (unpaired) electrons. The van der Waals surface area contributed by atoms with Crippen LogP contribution in [0.25, 0.3) is 0 Å². The van der Waals surface area contributed by atoms with Crippen LogP contribution in [-0.4, -0.2) is 10.1 Å². The molecule has 3 nitrogen and oxygen atoms in total. The molecule has 1 N–H and O–H groups in total. The molecule has 0 saturated carbocycles. The summed E-state index contributed by atoms with van der Waals surface area (Å²) in [6.45, 7) is 1.83. The molecule has 0 fully saturated rings. The third-order valence-corrected chi connectivity index (χ3v) is 2.91. The van der Waals surface area contributed by atoms with Crippen molar-refractivity contribution in [2.24, 2.45) is 0 Å². The summed E-state index contributed by atoms with van der Waals surface area (Å²) in [6.07, 6.45) is 1.50. The van der Waals surface area contributed by atoms with Gasteiger partial charge in [-0.05, 0) is 36.2 Å². The molecule has 1 heterocycles. The predicted octanol–water partition coefficient (Wildman–Crippen LogP) is 3.98. The third-order valence-electron chi connectivity index (χ3n) is 2.34. The first-order chi connectivity index (χ1) is 8.60. The number of aromatic nitrogens is 1. The van der Waals surface area contributed by atoms with Crippen molar-refractivity contribution in [3.05, 3.63) is 51.6 Å². The van der Waals surface area contributed by atoms with Gasteiger partial charge in [-0.2, -0.15) is 0 Å². The summed E-state index contributed by atoms with van der Waals surface area (Å²) < 4.78 is 5.54. The van der Waals surface area contributed by atoms with Crippen LogP contribution in [0.5, 0.6) is 11.6 Å². The zero-order valence-electron chi connectivity index (χ0n) is 9.65. The number of hydrogen-bond donors (Lipinski definition) is 1. The molecule has 0 spiro atoms. The van der Waals surface area contributed by atoms with Crippen LogP contribution in [0, 0.1) is 6.92 Å². The summed E-state index contributed by atoms with van der Waals surface area (Å²) in [7, 11) is 0. The van der Waals surface area contributed by atoms with Gasteiger partial charge in [0.2, 0.25) is 5.88 Å². The molecule has 0 amide bonds. The third kappa shape index (κ3) is 2.93. The smallest absolute Gasteiger partial charge is 0.238 e. The van der Waals surface area contributed by atoms with Crippen molar-refractivity contribution in [3.8, 4) is 11.6 Å². The first-order valence-corrected chi connectivity index (χ1v) is 6.05. The van der Waals surface area contributed by atoms with Crippen molar-refractivity contribution >= 4 is 23.2 Å². The van der Waals surface area contributed by atoms with Crippen LogP contribution in [0.4, 0.5) is 0 Å². The Balaban J connectivity index is 2.28. The zero-order valence-corrected chi connectivity index (χ0v) is 11.2. The maximum Gasteiger partial charge on any atom is 0.238 e. The number of halogens is 2. The predicted molar refractivity (Wildman–Crippen MR) is 71.4 cm³/mol. The monoisotopic (exact) mass is 283 g/mol. The highest BCUT2D eigenvalue weighted by Gasteiger charge is 2.08. The van der Waals surface area contributed by atoms with Gasteiger partial charge in [-0.1, -0.05) is 29.3 Å². The standard InChI is InChI=1S/C13H11Cl2NO2/c1-8-2-3-12(10(14)4-8)18-13-11(15)5-9(7-17)6-16-13/h2-6,17H,7H2,1H3. The minimum atomic E-state index is -0.113. The number of benzene rings is 1. The molecule has 0 bridgehead atoms. The van der Waals surface area contributed by atoms with E-state index in [-0.39, 0.29) is 12.5 Å². The molecule has 1 aromatic heterocycles. The van der Waals surface area contributed by atoms with Gasteiger partial charge in [0.15, 0.2) is 0 Å². The topological polar surface area (TPSA) is 42.4 Å². The molecule has 2 aromatic rings. The minimum absolute atomic E-state index is 0.113. The van der Waals surface area contributed by atoms with E-state index in [1.807, 2.05) is 13.0 Å². The number of nitrogens with zero attached hydrogens (tertiary/aromatic N) is 1. The number of rotatable bonds is 3. The molecule has 18 heavy (non-hydrogen) atoms. The fraction of sp³-hybridized carbons (Fsp3) is 0.154. The second-order valence-corrected chi connectivity index (χ2v) is 4.64. The van der Waals surface area contributed by atoms with Crippen molar-refractivity contribution in [1.82, 2.24) is 4.98 Å². The lowest BCUT2D eigenvalue weighted by Crippen LogP contribution is -1.92. The Kier molecular flexibility index (Phi) is 4.07. The van der Waals surface area contributed by atoms with Gasteiger partial charge in [-0.15, -0.1) is 0 Å². The molecule has 1 aromatic carbocycles. The van der Waals surface area contributed by atoms with E-state index in [1.165, 1.54) is 6.20 Å². The Labute approximate surface area is 115 Å². The molecular formula is C13H11Cl2NO2. The summed E-state index contributed by atoms with van der Waals surface area (Å²) in [5.41, 5.74) is 1.67. The van der Waals surface area contributed by atoms with Crippen LogP contribution in [-0.2, 0) is 6.61 Å². The van der Waals surface area contributed by atoms with E-state index in [1.54, 1.807) is 18.2 Å². The molecule has 2 rings (SSSR count). The number of aryl methyl sites for hydroxylation is 1. The second kappa shape index (κ2) is 5.57. The van der Waals surface area contributed by atoms with Crippen molar-refractivity contribution in [3.63, 3.8) is 0 Å². The van der Waals surface area contributed by atoms with Gasteiger partial charge < -0.3 is 9.84 Å². The van der Waals surface area contributed by atoms with Crippen LogP contribution >= 0.6 is 23.2 Å². The Morgan fingerprint density at radius 1 is 1.22 bits per heavy atom. The van der Waals surface area contributed by atoms with Crippen LogP contribution in [0.15, 0.2) is 30.5 Å². The van der Waals surface area contributed by atoms with E-state index in [0.717, 1.165) is 5.56 Å². The highest BCUT2D eigenvalue weighted by atomic mass is 35.5. The molecule has 0 saturated heterocycles. The summed E-state index contributed by atoms with van der Waals surface area (Å²) in [5.74, 6) is 0.757. The molecule has 0 aliphatic carbocycles. The van der Waals surface area contributed by atoms with E-state index in [2.05, 4.69) is 4.98 Å². The van der Waals surface area contributed by atoms with Gasteiger partial charge in [0.05, 0.1) is 11.6 Å². The summed E-state index contributed by atoms with van der Waals surface area (Å²) >= 11 is 12.1. The SMILES string of the molecule is Cc1ccc(Oc2ncc(CO)cc2Cl)c(Cl)c1. The molecular weight excluding hydrogens is 273 g/mol. The van der Waals surface area contributed by atoms with E-state index in [0.29, 0.717) is 21.4 Å². The minimum Gasteiger partial charge on any atom is -0.436 e.